The Labute approximate surface area is 113 Å². The molecule has 1 aliphatic rings. The van der Waals surface area contributed by atoms with Crippen LogP contribution in [0.25, 0.3) is 0 Å². The van der Waals surface area contributed by atoms with E-state index in [0.717, 1.165) is 23.3 Å². The smallest absolute Gasteiger partial charge is 0.242 e. The Morgan fingerprint density at radius 2 is 2.22 bits per heavy atom. The normalized spacial score (nSPS) is 23.3. The molecule has 1 aromatic rings. The summed E-state index contributed by atoms with van der Waals surface area (Å²) < 4.78 is 27.6. The van der Waals surface area contributed by atoms with Crippen molar-refractivity contribution in [3.63, 3.8) is 0 Å². The Morgan fingerprint density at radius 1 is 1.50 bits per heavy atom. The monoisotopic (exact) mass is 288 g/mol. The minimum absolute atomic E-state index is 0.140. The lowest BCUT2D eigenvalue weighted by atomic mass is 10.3. The van der Waals surface area contributed by atoms with Gasteiger partial charge in [-0.05, 0) is 37.3 Å². The van der Waals surface area contributed by atoms with Crippen molar-refractivity contribution >= 4 is 21.4 Å². The first kappa shape index (κ1) is 14.0. The number of rotatable bonds is 6. The Hall–Kier alpha value is -0.430. The minimum atomic E-state index is -3.36. The van der Waals surface area contributed by atoms with Gasteiger partial charge in [0.05, 0.1) is 0 Å². The van der Waals surface area contributed by atoms with Gasteiger partial charge in [-0.2, -0.15) is 0 Å². The average molecular weight is 288 g/mol. The maximum atomic E-state index is 12.4. The predicted molar refractivity (Wildman–Crippen MR) is 74.3 cm³/mol. The number of aryl methyl sites for hydroxylation is 1. The van der Waals surface area contributed by atoms with Gasteiger partial charge in [-0.1, -0.05) is 13.3 Å². The molecule has 1 saturated carbocycles. The van der Waals surface area contributed by atoms with Crippen molar-refractivity contribution in [2.45, 2.75) is 44.2 Å². The molecule has 0 bridgehead atoms. The number of sulfonamides is 1. The number of hydrogen-bond acceptors (Lipinski definition) is 4. The molecule has 0 aromatic carbocycles. The van der Waals surface area contributed by atoms with E-state index in [9.17, 15) is 8.42 Å². The summed E-state index contributed by atoms with van der Waals surface area (Å²) in [7, 11) is -1.53. The van der Waals surface area contributed by atoms with E-state index in [2.05, 4.69) is 17.0 Å². The summed E-state index contributed by atoms with van der Waals surface area (Å²) in [5, 5.41) is 4.93. The summed E-state index contributed by atoms with van der Waals surface area (Å²) in [4.78, 5) is 1.36. The molecule has 6 heteroatoms. The second-order valence-corrected chi connectivity index (χ2v) is 7.45. The van der Waals surface area contributed by atoms with Gasteiger partial charge in [0, 0.05) is 17.5 Å². The highest BCUT2D eigenvalue weighted by Crippen LogP contribution is 2.35. The first-order valence-electron chi connectivity index (χ1n) is 6.23. The van der Waals surface area contributed by atoms with Crippen LogP contribution in [0.15, 0.2) is 10.3 Å². The first-order chi connectivity index (χ1) is 8.49. The fraction of sp³-hybridized carbons (Fsp3) is 0.667. The number of hydrogen-bond donors (Lipinski definition) is 2. The van der Waals surface area contributed by atoms with Gasteiger partial charge in [0.1, 0.15) is 4.90 Å². The summed E-state index contributed by atoms with van der Waals surface area (Å²) in [6, 6.07) is 0.140. The van der Waals surface area contributed by atoms with E-state index < -0.39 is 10.0 Å². The summed E-state index contributed by atoms with van der Waals surface area (Å²) in [6.45, 7) is 4.55. The van der Waals surface area contributed by atoms with E-state index in [1.807, 2.05) is 19.4 Å². The van der Waals surface area contributed by atoms with Crippen LogP contribution in [0.5, 0.6) is 0 Å². The van der Waals surface area contributed by atoms with Gasteiger partial charge >= 0.3 is 0 Å². The topological polar surface area (TPSA) is 58.2 Å². The molecule has 4 nitrogen and oxygen atoms in total. The van der Waals surface area contributed by atoms with Gasteiger partial charge in [-0.25, -0.2) is 13.1 Å². The third-order valence-electron chi connectivity index (χ3n) is 3.35. The maximum Gasteiger partial charge on any atom is 0.242 e. The van der Waals surface area contributed by atoms with Crippen LogP contribution in [-0.2, 0) is 16.6 Å². The van der Waals surface area contributed by atoms with Crippen molar-refractivity contribution in [2.75, 3.05) is 7.05 Å². The summed E-state index contributed by atoms with van der Waals surface area (Å²) in [6.07, 6.45) is 2.01. The second-order valence-electron chi connectivity index (χ2n) is 4.83. The molecule has 1 fully saturated rings. The third-order valence-corrected chi connectivity index (χ3v) is 6.30. The third kappa shape index (κ3) is 2.77. The van der Waals surface area contributed by atoms with Crippen molar-refractivity contribution in [3.8, 4) is 0 Å². The van der Waals surface area contributed by atoms with Crippen LogP contribution in [-0.4, -0.2) is 21.5 Å². The average Bonchev–Trinajstić information content (AvgIpc) is 2.92. The molecule has 18 heavy (non-hydrogen) atoms. The molecule has 2 atom stereocenters. The van der Waals surface area contributed by atoms with Gasteiger partial charge in [-0.15, -0.1) is 11.3 Å². The molecule has 0 aliphatic heterocycles. The molecule has 0 saturated heterocycles. The Bertz CT molecular complexity index is 522. The summed E-state index contributed by atoms with van der Waals surface area (Å²) in [5.74, 6) is 0.520. The Kier molecular flexibility index (Phi) is 4.11. The van der Waals surface area contributed by atoms with Crippen LogP contribution in [0, 0.1) is 12.8 Å². The van der Waals surface area contributed by atoms with E-state index in [1.54, 1.807) is 0 Å². The summed E-state index contributed by atoms with van der Waals surface area (Å²) in [5.41, 5.74) is 0.839. The zero-order chi connectivity index (χ0) is 13.3. The molecular weight excluding hydrogens is 268 g/mol. The van der Waals surface area contributed by atoms with Gasteiger partial charge in [0.25, 0.3) is 0 Å². The highest BCUT2D eigenvalue weighted by Gasteiger charge is 2.39. The molecular formula is C12H20N2O2S2. The van der Waals surface area contributed by atoms with E-state index >= 15 is 0 Å². The van der Waals surface area contributed by atoms with Crippen molar-refractivity contribution < 1.29 is 8.42 Å². The van der Waals surface area contributed by atoms with Crippen LogP contribution in [0.3, 0.4) is 0 Å². The second kappa shape index (κ2) is 5.28. The molecule has 2 rings (SSSR count). The molecule has 0 radical (unpaired) electrons. The van der Waals surface area contributed by atoms with Crippen molar-refractivity contribution in [1.29, 1.82) is 0 Å². The van der Waals surface area contributed by atoms with Crippen molar-refractivity contribution in [3.05, 3.63) is 15.8 Å². The number of thiophene rings is 1. The Balaban J connectivity index is 2.21. The van der Waals surface area contributed by atoms with Gasteiger partial charge < -0.3 is 5.32 Å². The lowest BCUT2D eigenvalue weighted by Gasteiger charge is -2.08. The molecule has 102 valence electrons. The van der Waals surface area contributed by atoms with E-state index in [-0.39, 0.29) is 6.04 Å². The van der Waals surface area contributed by atoms with Crippen LogP contribution in [0.2, 0.25) is 0 Å². The lowest BCUT2D eigenvalue weighted by molar-refractivity contribution is 0.574. The molecule has 1 aromatic heterocycles. The van der Waals surface area contributed by atoms with Crippen molar-refractivity contribution in [1.82, 2.24) is 10.0 Å². The molecule has 0 amide bonds. The van der Waals surface area contributed by atoms with Gasteiger partial charge in [0.15, 0.2) is 0 Å². The predicted octanol–water partition coefficient (Wildman–Crippen LogP) is 1.85. The fourth-order valence-electron chi connectivity index (χ4n) is 2.23. The van der Waals surface area contributed by atoms with Crippen molar-refractivity contribution in [2.24, 2.45) is 5.92 Å². The highest BCUT2D eigenvalue weighted by atomic mass is 32.2. The number of nitrogens with one attached hydrogen (secondary N) is 2. The lowest BCUT2D eigenvalue weighted by Crippen LogP contribution is -2.28. The van der Waals surface area contributed by atoms with Crippen LogP contribution < -0.4 is 10.0 Å². The highest BCUT2D eigenvalue weighted by molar-refractivity contribution is 7.89. The molecule has 2 unspecified atom stereocenters. The molecule has 1 aliphatic carbocycles. The van der Waals surface area contributed by atoms with Gasteiger partial charge in [-0.3, -0.25) is 0 Å². The van der Waals surface area contributed by atoms with Gasteiger partial charge in [0.2, 0.25) is 10.0 Å². The fourth-order valence-corrected chi connectivity index (χ4v) is 5.37. The van der Waals surface area contributed by atoms with Crippen LogP contribution >= 0.6 is 11.3 Å². The van der Waals surface area contributed by atoms with E-state index in [1.165, 1.54) is 11.3 Å². The first-order valence-corrected chi connectivity index (χ1v) is 8.59. The zero-order valence-electron chi connectivity index (χ0n) is 11.0. The largest absolute Gasteiger partial charge is 0.315 e. The SMILES string of the molecule is CCC1CC1NS(=O)(=O)c1c(C)csc1CNC. The van der Waals surface area contributed by atoms with Crippen LogP contribution in [0.4, 0.5) is 0 Å². The molecule has 2 N–H and O–H groups in total. The minimum Gasteiger partial charge on any atom is -0.315 e. The van der Waals surface area contributed by atoms with Crippen LogP contribution in [0.1, 0.15) is 30.2 Å². The Morgan fingerprint density at radius 3 is 2.78 bits per heavy atom. The zero-order valence-corrected chi connectivity index (χ0v) is 12.6. The van der Waals surface area contributed by atoms with E-state index in [4.69, 9.17) is 0 Å². The molecule has 0 spiro atoms. The maximum absolute atomic E-state index is 12.4. The van der Waals surface area contributed by atoms with E-state index in [0.29, 0.717) is 17.4 Å². The summed E-state index contributed by atoms with van der Waals surface area (Å²) >= 11 is 1.50. The quantitative estimate of drug-likeness (QED) is 0.840. The molecule has 1 heterocycles. The standard InChI is InChI=1S/C12H20N2O2S2/c1-4-9-5-10(9)14-18(15,16)12-8(2)7-17-11(12)6-13-3/h7,9-10,13-14H,4-6H2,1-3H3.